The van der Waals surface area contributed by atoms with Crippen LogP contribution in [0.15, 0.2) is 29.3 Å². The Morgan fingerprint density at radius 1 is 1.40 bits per heavy atom. The summed E-state index contributed by atoms with van der Waals surface area (Å²) >= 11 is 0. The quantitative estimate of drug-likeness (QED) is 0.640. The fraction of sp³-hybridized carbons (Fsp3) is 0.389. The second-order valence-electron chi connectivity index (χ2n) is 6.09. The van der Waals surface area contributed by atoms with Gasteiger partial charge in [0.2, 0.25) is 5.91 Å². The number of carbonyl (C=O) groups excluding carboxylic acids is 1. The van der Waals surface area contributed by atoms with Crippen LogP contribution in [0.4, 0.5) is 0 Å². The highest BCUT2D eigenvalue weighted by atomic mass is 16.5. The first-order chi connectivity index (χ1) is 12.1. The molecule has 0 spiro atoms. The van der Waals surface area contributed by atoms with E-state index in [1.54, 1.807) is 7.11 Å². The van der Waals surface area contributed by atoms with Gasteiger partial charge in [-0.05, 0) is 25.5 Å². The van der Waals surface area contributed by atoms with Crippen LogP contribution in [0.1, 0.15) is 18.4 Å². The molecule has 0 bridgehead atoms. The zero-order valence-electron chi connectivity index (χ0n) is 14.5. The van der Waals surface area contributed by atoms with E-state index in [1.807, 2.05) is 25.1 Å². The minimum atomic E-state index is -0.161. The lowest BCUT2D eigenvalue weighted by Crippen LogP contribution is -2.28. The first kappa shape index (κ1) is 17.2. The van der Waals surface area contributed by atoms with Crippen LogP contribution in [0.2, 0.25) is 0 Å². The number of nitrogens with one attached hydrogen (secondary N) is 2. The van der Waals surface area contributed by atoms with Gasteiger partial charge in [-0.1, -0.05) is 11.6 Å². The highest BCUT2D eigenvalue weighted by Gasteiger charge is 2.11. The highest BCUT2D eigenvalue weighted by molar-refractivity contribution is 6.04. The molecule has 1 amide bonds. The number of H-pyrrole nitrogens is 1. The number of aryl methyl sites for hydroxylation is 2. The van der Waals surface area contributed by atoms with Crippen molar-refractivity contribution in [2.24, 2.45) is 0 Å². The molecule has 0 radical (unpaired) electrons. The molecule has 2 aromatic heterocycles. The Kier molecular flexibility index (Phi) is 5.14. The number of rotatable bonds is 7. The van der Waals surface area contributed by atoms with Crippen LogP contribution in [0, 0.1) is 6.92 Å². The normalized spacial score (nSPS) is 11.3. The number of hydrogen-bond donors (Lipinski definition) is 2. The third-order valence-corrected chi connectivity index (χ3v) is 4.15. The topological polar surface area (TPSA) is 89.0 Å². The van der Waals surface area contributed by atoms with Gasteiger partial charge in [-0.3, -0.25) is 14.2 Å². The number of hydrogen-bond acceptors (Lipinski definition) is 4. The number of methoxy groups -OCH3 is 1. The molecule has 0 atom stereocenters. The van der Waals surface area contributed by atoms with Gasteiger partial charge in [-0.2, -0.15) is 0 Å². The lowest BCUT2D eigenvalue weighted by atomic mass is 10.2. The monoisotopic (exact) mass is 342 g/mol. The number of amides is 1. The Bertz CT molecular complexity index is 958. The zero-order valence-corrected chi connectivity index (χ0v) is 14.5. The van der Waals surface area contributed by atoms with Crippen molar-refractivity contribution in [3.63, 3.8) is 0 Å². The average molecular weight is 342 g/mol. The first-order valence-electron chi connectivity index (χ1n) is 8.33. The lowest BCUT2D eigenvalue weighted by molar-refractivity contribution is -0.121. The molecule has 0 aliphatic rings. The molecule has 3 rings (SSSR count). The van der Waals surface area contributed by atoms with E-state index in [1.165, 1.54) is 10.9 Å². The van der Waals surface area contributed by atoms with Gasteiger partial charge in [-0.25, -0.2) is 4.98 Å². The molecule has 1 aromatic carbocycles. The van der Waals surface area contributed by atoms with E-state index in [2.05, 4.69) is 15.3 Å². The lowest BCUT2D eigenvalue weighted by Gasteiger charge is -2.06. The smallest absolute Gasteiger partial charge is 0.277 e. The van der Waals surface area contributed by atoms with Crippen molar-refractivity contribution in [3.05, 3.63) is 40.4 Å². The molecule has 2 heterocycles. The molecular formula is C18H22N4O3. The van der Waals surface area contributed by atoms with Crippen molar-refractivity contribution in [1.29, 1.82) is 0 Å². The second kappa shape index (κ2) is 7.48. The summed E-state index contributed by atoms with van der Waals surface area (Å²) in [5.41, 5.74) is 2.99. The zero-order chi connectivity index (χ0) is 17.8. The number of fused-ring (bicyclic) bond motifs is 3. The van der Waals surface area contributed by atoms with Gasteiger partial charge in [-0.15, -0.1) is 0 Å². The molecule has 0 aliphatic heterocycles. The van der Waals surface area contributed by atoms with Crippen molar-refractivity contribution >= 4 is 27.8 Å². The summed E-state index contributed by atoms with van der Waals surface area (Å²) in [5, 5.41) is 3.75. The van der Waals surface area contributed by atoms with Gasteiger partial charge in [0.1, 0.15) is 11.0 Å². The van der Waals surface area contributed by atoms with Crippen LogP contribution in [0.3, 0.4) is 0 Å². The molecule has 2 N–H and O–H groups in total. The van der Waals surface area contributed by atoms with Crippen LogP contribution in [0.25, 0.3) is 21.9 Å². The van der Waals surface area contributed by atoms with Crippen LogP contribution in [0.5, 0.6) is 0 Å². The summed E-state index contributed by atoms with van der Waals surface area (Å²) in [4.78, 5) is 32.0. The minimum Gasteiger partial charge on any atom is -0.385 e. The standard InChI is InChI=1S/C18H22N4O3/c1-12-4-5-14-13(10-12)16-17(21-14)18(24)22(11-20-16)8-6-15(23)19-7-3-9-25-2/h4-5,10-11,21H,3,6-9H2,1-2H3,(H,19,23). The minimum absolute atomic E-state index is 0.0876. The molecule has 7 heteroatoms. The summed E-state index contributed by atoms with van der Waals surface area (Å²) in [5.74, 6) is -0.0876. The molecular weight excluding hydrogens is 320 g/mol. The van der Waals surface area contributed by atoms with E-state index in [9.17, 15) is 9.59 Å². The molecule has 0 aliphatic carbocycles. The largest absolute Gasteiger partial charge is 0.385 e. The summed E-state index contributed by atoms with van der Waals surface area (Å²) in [6.45, 7) is 3.48. The third kappa shape index (κ3) is 3.71. The Labute approximate surface area is 145 Å². The Morgan fingerprint density at radius 2 is 2.24 bits per heavy atom. The van der Waals surface area contributed by atoms with Crippen molar-refractivity contribution in [2.45, 2.75) is 26.3 Å². The maximum atomic E-state index is 12.6. The fourth-order valence-corrected chi connectivity index (χ4v) is 2.82. The van der Waals surface area contributed by atoms with E-state index in [4.69, 9.17) is 4.74 Å². The molecule has 7 nitrogen and oxygen atoms in total. The molecule has 0 saturated heterocycles. The van der Waals surface area contributed by atoms with Crippen LogP contribution >= 0.6 is 0 Å². The predicted octanol–water partition coefficient (Wildman–Crippen LogP) is 1.73. The fourth-order valence-electron chi connectivity index (χ4n) is 2.82. The van der Waals surface area contributed by atoms with Crippen molar-refractivity contribution in [3.8, 4) is 0 Å². The van der Waals surface area contributed by atoms with E-state index >= 15 is 0 Å². The van der Waals surface area contributed by atoms with E-state index in [-0.39, 0.29) is 17.9 Å². The van der Waals surface area contributed by atoms with Gasteiger partial charge in [0.15, 0.2) is 0 Å². The first-order valence-corrected chi connectivity index (χ1v) is 8.33. The average Bonchev–Trinajstić information content (AvgIpc) is 2.97. The van der Waals surface area contributed by atoms with Gasteiger partial charge in [0.25, 0.3) is 5.56 Å². The summed E-state index contributed by atoms with van der Waals surface area (Å²) < 4.78 is 6.40. The Balaban J connectivity index is 1.75. The van der Waals surface area contributed by atoms with Gasteiger partial charge in [0, 0.05) is 44.1 Å². The van der Waals surface area contributed by atoms with E-state index in [0.717, 1.165) is 22.9 Å². The predicted molar refractivity (Wildman–Crippen MR) is 96.7 cm³/mol. The maximum absolute atomic E-state index is 12.6. The summed E-state index contributed by atoms with van der Waals surface area (Å²) in [6, 6.07) is 5.95. The van der Waals surface area contributed by atoms with Crippen molar-refractivity contribution < 1.29 is 9.53 Å². The SMILES string of the molecule is COCCCNC(=O)CCn1cnc2c([nH]c3ccc(C)cc32)c1=O. The van der Waals surface area contributed by atoms with E-state index in [0.29, 0.717) is 30.7 Å². The molecule has 3 aromatic rings. The maximum Gasteiger partial charge on any atom is 0.277 e. The van der Waals surface area contributed by atoms with Crippen LogP contribution in [-0.2, 0) is 16.1 Å². The number of nitrogens with zero attached hydrogens (tertiary/aromatic N) is 2. The summed E-state index contributed by atoms with van der Waals surface area (Å²) in [6.07, 6.45) is 2.52. The number of ether oxygens (including phenoxy) is 1. The van der Waals surface area contributed by atoms with E-state index < -0.39 is 0 Å². The van der Waals surface area contributed by atoms with Gasteiger partial charge >= 0.3 is 0 Å². The molecule has 0 unspecified atom stereocenters. The number of aromatic nitrogens is 3. The molecule has 132 valence electrons. The highest BCUT2D eigenvalue weighted by Crippen LogP contribution is 2.22. The molecule has 0 saturated carbocycles. The Hall–Kier alpha value is -2.67. The second-order valence-corrected chi connectivity index (χ2v) is 6.09. The number of carbonyl (C=O) groups is 1. The molecule has 25 heavy (non-hydrogen) atoms. The van der Waals surface area contributed by atoms with Crippen LogP contribution < -0.4 is 10.9 Å². The van der Waals surface area contributed by atoms with Crippen molar-refractivity contribution in [2.75, 3.05) is 20.3 Å². The number of aromatic amines is 1. The molecule has 0 fully saturated rings. The number of benzene rings is 1. The van der Waals surface area contributed by atoms with Gasteiger partial charge < -0.3 is 15.0 Å². The Morgan fingerprint density at radius 3 is 3.04 bits per heavy atom. The van der Waals surface area contributed by atoms with Crippen molar-refractivity contribution in [1.82, 2.24) is 19.9 Å². The third-order valence-electron chi connectivity index (χ3n) is 4.15. The van der Waals surface area contributed by atoms with Crippen LogP contribution in [-0.4, -0.2) is 40.7 Å². The van der Waals surface area contributed by atoms with Gasteiger partial charge in [0.05, 0.1) is 6.33 Å². The summed E-state index contributed by atoms with van der Waals surface area (Å²) in [7, 11) is 1.63.